The lowest BCUT2D eigenvalue weighted by Gasteiger charge is -2.18. The summed E-state index contributed by atoms with van der Waals surface area (Å²) in [5, 5.41) is 15.0. The number of ether oxygens (including phenoxy) is 1. The summed E-state index contributed by atoms with van der Waals surface area (Å²) in [5.41, 5.74) is 0.849. The van der Waals surface area contributed by atoms with Crippen molar-refractivity contribution >= 4 is 44.9 Å². The molecule has 0 saturated heterocycles. The molecule has 0 saturated carbocycles. The molecule has 3 aromatic rings. The van der Waals surface area contributed by atoms with Crippen LogP contribution in [0, 0.1) is 11.3 Å². The molecule has 2 aromatic heterocycles. The first-order chi connectivity index (χ1) is 13.5. The van der Waals surface area contributed by atoms with Gasteiger partial charge in [0, 0.05) is 7.11 Å². The lowest BCUT2D eigenvalue weighted by molar-refractivity contribution is -0.113. The van der Waals surface area contributed by atoms with Crippen molar-refractivity contribution < 1.29 is 9.53 Å². The van der Waals surface area contributed by atoms with Crippen molar-refractivity contribution in [3.8, 4) is 6.07 Å². The van der Waals surface area contributed by atoms with Crippen LogP contribution in [0.3, 0.4) is 0 Å². The van der Waals surface area contributed by atoms with E-state index in [4.69, 9.17) is 10.00 Å². The molecule has 1 aromatic carbocycles. The smallest absolute Gasteiger partial charge is 0.262 e. The van der Waals surface area contributed by atoms with Gasteiger partial charge in [0.15, 0.2) is 5.16 Å². The quantitative estimate of drug-likeness (QED) is 0.471. The van der Waals surface area contributed by atoms with E-state index in [1.54, 1.807) is 41.3 Å². The molecule has 1 amide bonds. The Bertz CT molecular complexity index is 1100. The maximum atomic E-state index is 13.0. The van der Waals surface area contributed by atoms with E-state index in [2.05, 4.69) is 10.3 Å². The van der Waals surface area contributed by atoms with Crippen molar-refractivity contribution in [1.82, 2.24) is 9.55 Å². The van der Waals surface area contributed by atoms with Crippen LogP contribution in [0.1, 0.15) is 18.5 Å². The maximum Gasteiger partial charge on any atom is 0.262 e. The number of hydrogen-bond donors (Lipinski definition) is 1. The van der Waals surface area contributed by atoms with Crippen LogP contribution in [0.15, 0.2) is 45.7 Å². The molecule has 0 aliphatic heterocycles. The molecular weight excluding hydrogens is 396 g/mol. The lowest BCUT2D eigenvalue weighted by Crippen LogP contribution is -2.29. The molecule has 1 N–H and O–H groups in total. The Labute approximate surface area is 170 Å². The van der Waals surface area contributed by atoms with Crippen molar-refractivity contribution in [2.45, 2.75) is 18.1 Å². The van der Waals surface area contributed by atoms with E-state index in [9.17, 15) is 9.59 Å². The third-order valence-corrected chi connectivity index (χ3v) is 5.78. The molecule has 1 unspecified atom stereocenters. The highest BCUT2D eigenvalue weighted by atomic mass is 32.2. The number of hydrogen-bond acceptors (Lipinski definition) is 7. The molecule has 1 atom stereocenters. The van der Waals surface area contributed by atoms with Crippen molar-refractivity contribution in [3.63, 3.8) is 0 Å². The number of anilines is 1. The fourth-order valence-corrected chi connectivity index (χ4v) is 4.37. The van der Waals surface area contributed by atoms with Crippen molar-refractivity contribution in [2.24, 2.45) is 0 Å². The Morgan fingerprint density at radius 3 is 2.96 bits per heavy atom. The zero-order chi connectivity index (χ0) is 20.1. The molecule has 28 heavy (non-hydrogen) atoms. The molecule has 2 heterocycles. The van der Waals surface area contributed by atoms with Crippen LogP contribution in [-0.4, -0.2) is 34.9 Å². The van der Waals surface area contributed by atoms with E-state index in [1.807, 2.05) is 19.1 Å². The number of amides is 1. The van der Waals surface area contributed by atoms with Gasteiger partial charge in [0.2, 0.25) is 5.91 Å². The maximum absolute atomic E-state index is 13.0. The zero-order valence-corrected chi connectivity index (χ0v) is 17.0. The van der Waals surface area contributed by atoms with Crippen LogP contribution in [0.5, 0.6) is 0 Å². The summed E-state index contributed by atoms with van der Waals surface area (Å²) in [5.74, 6) is -0.204. The van der Waals surface area contributed by atoms with Gasteiger partial charge in [-0.2, -0.15) is 5.26 Å². The predicted octanol–water partition coefficient (Wildman–Crippen LogP) is 3.27. The Kier molecular flexibility index (Phi) is 6.46. The summed E-state index contributed by atoms with van der Waals surface area (Å²) in [6.45, 7) is 2.22. The van der Waals surface area contributed by atoms with Gasteiger partial charge in [-0.1, -0.05) is 23.9 Å². The number of thioether (sulfide) groups is 1. The topological polar surface area (TPSA) is 97.0 Å². The van der Waals surface area contributed by atoms with Crippen molar-refractivity contribution in [2.75, 3.05) is 24.8 Å². The molecule has 3 rings (SSSR count). The number of nitrogens with one attached hydrogen (secondary N) is 1. The van der Waals surface area contributed by atoms with Crippen LogP contribution in [0.2, 0.25) is 0 Å². The second-order valence-corrected chi connectivity index (χ2v) is 7.86. The Morgan fingerprint density at radius 2 is 2.21 bits per heavy atom. The number of aromatic nitrogens is 2. The van der Waals surface area contributed by atoms with Gasteiger partial charge in [-0.15, -0.1) is 11.3 Å². The molecule has 0 bridgehead atoms. The molecule has 0 aliphatic carbocycles. The number of para-hydroxylation sites is 1. The monoisotopic (exact) mass is 414 g/mol. The van der Waals surface area contributed by atoms with Gasteiger partial charge < -0.3 is 10.1 Å². The average molecular weight is 415 g/mol. The molecule has 0 spiro atoms. The highest BCUT2D eigenvalue weighted by Gasteiger charge is 2.18. The molecule has 9 heteroatoms. The fraction of sp³-hybridized carbons (Fsp3) is 0.263. The number of methoxy groups -OCH3 is 1. The number of nitriles is 1. The van der Waals surface area contributed by atoms with Crippen LogP contribution in [0.4, 0.5) is 5.00 Å². The minimum absolute atomic E-state index is 0.0627. The number of fused-ring (bicyclic) bond motifs is 1. The first kappa shape index (κ1) is 20.1. The SMILES string of the molecule is COCC(C)n1c(SCC(=O)Nc2sccc2C#N)nc2ccccc2c1=O. The summed E-state index contributed by atoms with van der Waals surface area (Å²) in [7, 11) is 1.57. The second kappa shape index (κ2) is 9.01. The molecule has 0 aliphatic rings. The van der Waals surface area contributed by atoms with Crippen LogP contribution in [0.25, 0.3) is 10.9 Å². The van der Waals surface area contributed by atoms with E-state index in [0.29, 0.717) is 33.2 Å². The second-order valence-electron chi connectivity index (χ2n) is 6.00. The fourth-order valence-electron chi connectivity index (χ4n) is 2.72. The van der Waals surface area contributed by atoms with Crippen molar-refractivity contribution in [3.05, 3.63) is 51.6 Å². The summed E-state index contributed by atoms with van der Waals surface area (Å²) in [4.78, 5) is 29.9. The molecule has 144 valence electrons. The number of nitrogens with zero attached hydrogens (tertiary/aromatic N) is 3. The zero-order valence-electron chi connectivity index (χ0n) is 15.3. The Hall–Kier alpha value is -2.67. The summed E-state index contributed by atoms with van der Waals surface area (Å²) in [6.07, 6.45) is 0. The van der Waals surface area contributed by atoms with Gasteiger partial charge in [0.05, 0.1) is 34.9 Å². The van der Waals surface area contributed by atoms with E-state index in [0.717, 1.165) is 0 Å². The Morgan fingerprint density at radius 1 is 1.43 bits per heavy atom. The molecule has 0 fully saturated rings. The highest BCUT2D eigenvalue weighted by Crippen LogP contribution is 2.24. The van der Waals surface area contributed by atoms with Crippen LogP contribution < -0.4 is 10.9 Å². The van der Waals surface area contributed by atoms with E-state index >= 15 is 0 Å². The number of carbonyl (C=O) groups excluding carboxylic acids is 1. The first-order valence-corrected chi connectivity index (χ1v) is 10.3. The number of benzene rings is 1. The minimum Gasteiger partial charge on any atom is -0.383 e. The van der Waals surface area contributed by atoms with Gasteiger partial charge in [-0.3, -0.25) is 14.2 Å². The largest absolute Gasteiger partial charge is 0.383 e. The summed E-state index contributed by atoms with van der Waals surface area (Å²) >= 11 is 2.47. The van der Waals surface area contributed by atoms with Gasteiger partial charge in [0.1, 0.15) is 11.1 Å². The minimum atomic E-state index is -0.266. The average Bonchev–Trinajstić information content (AvgIpc) is 3.13. The van der Waals surface area contributed by atoms with Crippen molar-refractivity contribution in [1.29, 1.82) is 5.26 Å². The van der Waals surface area contributed by atoms with Gasteiger partial charge >= 0.3 is 0 Å². The third kappa shape index (κ3) is 4.25. The van der Waals surface area contributed by atoms with E-state index in [1.165, 1.54) is 23.1 Å². The van der Waals surface area contributed by atoms with Gasteiger partial charge in [-0.05, 0) is 30.5 Å². The molecule has 0 radical (unpaired) electrons. The lowest BCUT2D eigenvalue weighted by atomic mass is 10.2. The van der Waals surface area contributed by atoms with Crippen LogP contribution >= 0.6 is 23.1 Å². The third-order valence-electron chi connectivity index (χ3n) is 4.00. The standard InChI is InChI=1S/C19H18N4O3S2/c1-12(10-26-2)23-18(25)14-5-3-4-6-15(14)21-19(23)28-11-16(24)22-17-13(9-20)7-8-27-17/h3-8,12H,10-11H2,1-2H3,(H,22,24). The summed E-state index contributed by atoms with van der Waals surface area (Å²) in [6, 6.07) is 10.6. The number of thiophene rings is 1. The number of carbonyl (C=O) groups is 1. The number of rotatable bonds is 7. The highest BCUT2D eigenvalue weighted by molar-refractivity contribution is 7.99. The molecular formula is C19H18N4O3S2. The summed E-state index contributed by atoms with van der Waals surface area (Å²) < 4.78 is 6.76. The van der Waals surface area contributed by atoms with Crippen LogP contribution in [-0.2, 0) is 9.53 Å². The van der Waals surface area contributed by atoms with Gasteiger partial charge in [-0.25, -0.2) is 4.98 Å². The normalized spacial score (nSPS) is 11.9. The Balaban J connectivity index is 1.87. The first-order valence-electron chi connectivity index (χ1n) is 8.45. The van der Waals surface area contributed by atoms with Gasteiger partial charge in [0.25, 0.3) is 5.56 Å². The predicted molar refractivity (Wildman–Crippen MR) is 111 cm³/mol. The van der Waals surface area contributed by atoms with E-state index in [-0.39, 0.29) is 23.3 Å². The molecule has 7 nitrogen and oxygen atoms in total. The van der Waals surface area contributed by atoms with E-state index < -0.39 is 0 Å².